The van der Waals surface area contributed by atoms with E-state index in [0.717, 1.165) is 27.6 Å². The Balaban J connectivity index is 1.28. The van der Waals surface area contributed by atoms with Crippen molar-refractivity contribution < 1.29 is 9.59 Å². The summed E-state index contributed by atoms with van der Waals surface area (Å²) in [4.78, 5) is 24.7. The summed E-state index contributed by atoms with van der Waals surface area (Å²) >= 11 is 0. The quantitative estimate of drug-likeness (QED) is 0.301. The van der Waals surface area contributed by atoms with Crippen molar-refractivity contribution in [2.24, 2.45) is 0 Å². The van der Waals surface area contributed by atoms with E-state index < -0.39 is 0 Å². The average molecular weight is 439 g/mol. The van der Waals surface area contributed by atoms with Gasteiger partial charge in [-0.3, -0.25) is 15.6 Å². The zero-order chi connectivity index (χ0) is 23.0. The molecule has 0 saturated heterocycles. The fraction of sp³-hybridized carbons (Fsp3) is 0.111. The molecule has 1 atom stereocenters. The topological polar surface area (TPSA) is 82.3 Å². The summed E-state index contributed by atoms with van der Waals surface area (Å²) in [6.45, 7) is 2.33. The van der Waals surface area contributed by atoms with Crippen LogP contribution in [0.15, 0.2) is 97.1 Å². The number of carbonyl (C=O) groups is 2. The Morgan fingerprint density at radius 2 is 1.48 bits per heavy atom. The molecule has 0 radical (unpaired) electrons. The van der Waals surface area contributed by atoms with E-state index in [1.54, 1.807) is 12.1 Å². The number of para-hydroxylation sites is 1. The largest absolute Gasteiger partial charge is 0.334 e. The lowest BCUT2D eigenvalue weighted by Crippen LogP contribution is -2.36. The van der Waals surface area contributed by atoms with Crippen molar-refractivity contribution in [2.45, 2.75) is 19.5 Å². The standard InChI is InChI=1S/C27H26N4O2/c1-19(24-13-7-9-21-8-5-6-12-25(21)24)29-27(33)28-18-20-14-16-22(17-15-20)26(32)31-30-23-10-3-2-4-11-23/h2-17,19,30H,18H2,1H3,(H,31,32)(H2,28,29,33)/t19-/m0/s1. The van der Waals surface area contributed by atoms with Crippen molar-refractivity contribution in [2.75, 3.05) is 5.43 Å². The molecule has 0 aromatic heterocycles. The summed E-state index contributed by atoms with van der Waals surface area (Å²) in [5, 5.41) is 8.15. The molecule has 4 N–H and O–H groups in total. The lowest BCUT2D eigenvalue weighted by molar-refractivity contribution is 0.0962. The minimum Gasteiger partial charge on any atom is -0.334 e. The first-order valence-electron chi connectivity index (χ1n) is 10.8. The van der Waals surface area contributed by atoms with Gasteiger partial charge in [-0.25, -0.2) is 4.79 Å². The Morgan fingerprint density at radius 1 is 0.788 bits per heavy atom. The fourth-order valence-electron chi connectivity index (χ4n) is 3.63. The van der Waals surface area contributed by atoms with E-state index >= 15 is 0 Å². The minimum atomic E-state index is -0.246. The van der Waals surface area contributed by atoms with E-state index in [1.807, 2.05) is 73.7 Å². The van der Waals surface area contributed by atoms with Crippen LogP contribution in [0.25, 0.3) is 10.8 Å². The van der Waals surface area contributed by atoms with E-state index in [4.69, 9.17) is 0 Å². The maximum absolute atomic E-state index is 12.4. The molecule has 0 bridgehead atoms. The molecule has 0 aliphatic heterocycles. The van der Waals surface area contributed by atoms with E-state index in [2.05, 4.69) is 39.7 Å². The molecule has 6 nitrogen and oxygen atoms in total. The van der Waals surface area contributed by atoms with Gasteiger partial charge in [-0.1, -0.05) is 72.8 Å². The van der Waals surface area contributed by atoms with E-state index in [1.165, 1.54) is 0 Å². The van der Waals surface area contributed by atoms with Crippen LogP contribution < -0.4 is 21.5 Å². The van der Waals surface area contributed by atoms with Crippen molar-refractivity contribution in [3.8, 4) is 0 Å². The molecule has 33 heavy (non-hydrogen) atoms. The number of rotatable bonds is 7. The van der Waals surface area contributed by atoms with Crippen LogP contribution in [0.1, 0.15) is 34.5 Å². The van der Waals surface area contributed by atoms with Gasteiger partial charge in [0.25, 0.3) is 5.91 Å². The van der Waals surface area contributed by atoms with Crippen molar-refractivity contribution in [3.63, 3.8) is 0 Å². The summed E-state index contributed by atoms with van der Waals surface area (Å²) in [6.07, 6.45) is 0. The van der Waals surface area contributed by atoms with Crippen molar-refractivity contribution in [3.05, 3.63) is 114 Å². The first-order valence-corrected chi connectivity index (χ1v) is 10.8. The van der Waals surface area contributed by atoms with Gasteiger partial charge in [-0.15, -0.1) is 0 Å². The zero-order valence-electron chi connectivity index (χ0n) is 18.3. The number of hydrazine groups is 1. The lowest BCUT2D eigenvalue weighted by atomic mass is 10.00. The van der Waals surface area contributed by atoms with Crippen LogP contribution >= 0.6 is 0 Å². The number of amides is 3. The van der Waals surface area contributed by atoms with Gasteiger partial charge in [-0.2, -0.15) is 0 Å². The molecule has 0 saturated carbocycles. The van der Waals surface area contributed by atoms with Crippen LogP contribution in [0, 0.1) is 0 Å². The summed E-state index contributed by atoms with van der Waals surface area (Å²) in [7, 11) is 0. The Bertz CT molecular complexity index is 1230. The summed E-state index contributed by atoms with van der Waals surface area (Å²) in [5.74, 6) is -0.236. The third-order valence-electron chi connectivity index (χ3n) is 5.40. The third-order valence-corrected chi connectivity index (χ3v) is 5.40. The molecule has 3 amide bonds. The highest BCUT2D eigenvalue weighted by Crippen LogP contribution is 2.23. The molecular weight excluding hydrogens is 412 g/mol. The Labute approximate surface area is 193 Å². The number of benzene rings is 4. The first-order chi connectivity index (χ1) is 16.1. The highest BCUT2D eigenvalue weighted by atomic mass is 16.2. The molecule has 4 aromatic rings. The SMILES string of the molecule is C[C@H](NC(=O)NCc1ccc(C(=O)NNc2ccccc2)cc1)c1cccc2ccccc12. The third kappa shape index (κ3) is 5.68. The molecule has 0 heterocycles. The van der Waals surface area contributed by atoms with Crippen LogP contribution in [-0.2, 0) is 6.54 Å². The molecule has 6 heteroatoms. The van der Waals surface area contributed by atoms with Gasteiger partial charge >= 0.3 is 6.03 Å². The molecule has 0 fully saturated rings. The van der Waals surface area contributed by atoms with E-state index in [0.29, 0.717) is 12.1 Å². The van der Waals surface area contributed by atoms with Crippen LogP contribution in [0.3, 0.4) is 0 Å². The molecular formula is C27H26N4O2. The highest BCUT2D eigenvalue weighted by molar-refractivity contribution is 5.94. The number of urea groups is 1. The first kappa shape index (κ1) is 21.9. The molecule has 4 rings (SSSR count). The monoisotopic (exact) mass is 438 g/mol. The predicted octanol–water partition coefficient (Wildman–Crippen LogP) is 5.16. The second kappa shape index (κ2) is 10.3. The lowest BCUT2D eigenvalue weighted by Gasteiger charge is -2.17. The van der Waals surface area contributed by atoms with Crippen LogP contribution in [-0.4, -0.2) is 11.9 Å². The number of anilines is 1. The minimum absolute atomic E-state index is 0.140. The zero-order valence-corrected chi connectivity index (χ0v) is 18.3. The summed E-state index contributed by atoms with van der Waals surface area (Å²) in [5.41, 5.74) is 8.84. The highest BCUT2D eigenvalue weighted by Gasteiger charge is 2.12. The van der Waals surface area contributed by atoms with Gasteiger partial charge in [0.2, 0.25) is 0 Å². The van der Waals surface area contributed by atoms with Crippen molar-refractivity contribution >= 4 is 28.4 Å². The number of nitrogens with one attached hydrogen (secondary N) is 4. The predicted molar refractivity (Wildman–Crippen MR) is 132 cm³/mol. The van der Waals surface area contributed by atoms with Crippen molar-refractivity contribution in [1.29, 1.82) is 0 Å². The van der Waals surface area contributed by atoms with Gasteiger partial charge in [-0.05, 0) is 53.1 Å². The smallest absolute Gasteiger partial charge is 0.315 e. The summed E-state index contributed by atoms with van der Waals surface area (Å²) in [6, 6.07) is 30.4. The van der Waals surface area contributed by atoms with Crippen LogP contribution in [0.2, 0.25) is 0 Å². The number of hydrogen-bond donors (Lipinski definition) is 4. The van der Waals surface area contributed by atoms with E-state index in [9.17, 15) is 9.59 Å². The van der Waals surface area contributed by atoms with Gasteiger partial charge in [0.15, 0.2) is 0 Å². The second-order valence-electron chi connectivity index (χ2n) is 7.76. The number of fused-ring (bicyclic) bond motifs is 1. The Kier molecular flexibility index (Phi) is 6.85. The molecule has 0 unspecified atom stereocenters. The number of carbonyl (C=O) groups excluding carboxylic acids is 2. The maximum Gasteiger partial charge on any atom is 0.315 e. The van der Waals surface area contributed by atoms with Crippen LogP contribution in [0.4, 0.5) is 10.5 Å². The molecule has 0 aliphatic carbocycles. The molecule has 4 aromatic carbocycles. The maximum atomic E-state index is 12.4. The van der Waals surface area contributed by atoms with E-state index in [-0.39, 0.29) is 18.0 Å². The normalized spacial score (nSPS) is 11.4. The van der Waals surface area contributed by atoms with Crippen molar-refractivity contribution in [1.82, 2.24) is 16.1 Å². The molecule has 0 spiro atoms. The second-order valence-corrected chi connectivity index (χ2v) is 7.76. The Hall–Kier alpha value is -4.32. The fourth-order valence-corrected chi connectivity index (χ4v) is 3.63. The molecule has 0 aliphatic rings. The average Bonchev–Trinajstić information content (AvgIpc) is 2.86. The Morgan fingerprint density at radius 3 is 2.27 bits per heavy atom. The van der Waals surface area contributed by atoms with Gasteiger partial charge in [0, 0.05) is 12.1 Å². The van der Waals surface area contributed by atoms with Gasteiger partial charge < -0.3 is 10.6 Å². The molecule has 166 valence electrons. The van der Waals surface area contributed by atoms with Gasteiger partial charge in [0.1, 0.15) is 0 Å². The van der Waals surface area contributed by atoms with Crippen LogP contribution in [0.5, 0.6) is 0 Å². The van der Waals surface area contributed by atoms with Gasteiger partial charge in [0.05, 0.1) is 11.7 Å². The summed E-state index contributed by atoms with van der Waals surface area (Å²) < 4.78 is 0. The number of hydrogen-bond acceptors (Lipinski definition) is 3.